The zero-order valence-electron chi connectivity index (χ0n) is 12.9. The average Bonchev–Trinajstić information content (AvgIpc) is 2.44. The summed E-state index contributed by atoms with van der Waals surface area (Å²) >= 11 is 0. The number of unbranched alkanes of at least 4 members (excludes halogenated alkanes) is 2. The largest absolute Gasteiger partial charge is 0.508 e. The molecule has 1 aromatic carbocycles. The maximum Gasteiger partial charge on any atom is 0.342 e. The molecule has 1 atom stereocenters. The fourth-order valence-corrected chi connectivity index (χ4v) is 1.80. The number of rotatable bonds is 9. The molecule has 0 heterocycles. The monoisotopic (exact) mass is 296 g/mol. The summed E-state index contributed by atoms with van der Waals surface area (Å²) in [7, 11) is 0. The predicted octanol–water partition coefficient (Wildman–Crippen LogP) is 3.47. The molecule has 5 heteroatoms. The van der Waals surface area contributed by atoms with Crippen molar-refractivity contribution in [2.75, 3.05) is 13.2 Å². The van der Waals surface area contributed by atoms with Crippen molar-refractivity contribution in [2.24, 2.45) is 0 Å². The van der Waals surface area contributed by atoms with Crippen molar-refractivity contribution in [1.82, 2.24) is 0 Å². The van der Waals surface area contributed by atoms with Crippen LogP contribution in [-0.2, 0) is 14.2 Å². The van der Waals surface area contributed by atoms with Gasteiger partial charge < -0.3 is 19.3 Å². The van der Waals surface area contributed by atoms with Crippen LogP contribution in [0, 0.1) is 0 Å². The Kier molecular flexibility index (Phi) is 7.19. The molecule has 1 unspecified atom stereocenters. The Bertz CT molecular complexity index is 429. The number of benzene rings is 1. The third-order valence-corrected chi connectivity index (χ3v) is 2.90. The van der Waals surface area contributed by atoms with E-state index in [0.717, 1.165) is 19.3 Å². The Morgan fingerprint density at radius 3 is 2.38 bits per heavy atom. The second-order valence-corrected chi connectivity index (χ2v) is 4.79. The highest BCUT2D eigenvalue weighted by Crippen LogP contribution is 2.19. The highest BCUT2D eigenvalue weighted by Gasteiger charge is 2.31. The predicted molar refractivity (Wildman–Crippen MR) is 79.0 cm³/mol. The minimum Gasteiger partial charge on any atom is -0.508 e. The first-order valence-electron chi connectivity index (χ1n) is 7.31. The minimum absolute atomic E-state index is 0.0925. The van der Waals surface area contributed by atoms with Crippen molar-refractivity contribution in [3.63, 3.8) is 0 Å². The summed E-state index contributed by atoms with van der Waals surface area (Å²) < 4.78 is 16.3. The van der Waals surface area contributed by atoms with E-state index in [1.54, 1.807) is 6.92 Å². The molecule has 0 aromatic heterocycles. The highest BCUT2D eigenvalue weighted by atomic mass is 16.9. The van der Waals surface area contributed by atoms with Gasteiger partial charge in [-0.2, -0.15) is 0 Å². The summed E-state index contributed by atoms with van der Waals surface area (Å²) in [4.78, 5) is 12.1. The summed E-state index contributed by atoms with van der Waals surface area (Å²) in [6.07, 6.45) is 3.02. The van der Waals surface area contributed by atoms with Gasteiger partial charge in [-0.3, -0.25) is 0 Å². The lowest BCUT2D eigenvalue weighted by Gasteiger charge is -2.28. The summed E-state index contributed by atoms with van der Waals surface area (Å²) in [5.41, 5.74) is 0.330. The van der Waals surface area contributed by atoms with Crippen LogP contribution in [0.4, 0.5) is 0 Å². The third kappa shape index (κ3) is 6.14. The summed E-state index contributed by atoms with van der Waals surface area (Å²) in [5, 5.41) is 9.22. The molecule has 5 nitrogen and oxygen atoms in total. The van der Waals surface area contributed by atoms with E-state index in [2.05, 4.69) is 6.92 Å². The van der Waals surface area contributed by atoms with Gasteiger partial charge in [0.05, 0.1) is 18.8 Å². The lowest BCUT2D eigenvalue weighted by molar-refractivity contribution is -0.343. The number of hydrogen-bond acceptors (Lipinski definition) is 5. The van der Waals surface area contributed by atoms with Gasteiger partial charge in [-0.25, -0.2) is 4.79 Å². The second-order valence-electron chi connectivity index (χ2n) is 4.79. The standard InChI is InChI=1S/C16H24O5/c1-4-6-7-12-20-16(3,19-5-2)21-15(18)13-8-10-14(17)11-9-13/h8-11,17H,4-7,12H2,1-3H3. The first-order chi connectivity index (χ1) is 10.0. The smallest absolute Gasteiger partial charge is 0.342 e. The molecule has 21 heavy (non-hydrogen) atoms. The SMILES string of the molecule is CCCCCOC(C)(OCC)OC(=O)c1ccc(O)cc1. The van der Waals surface area contributed by atoms with Crippen LogP contribution < -0.4 is 0 Å². The van der Waals surface area contributed by atoms with Crippen molar-refractivity contribution in [2.45, 2.75) is 46.0 Å². The number of phenols is 1. The van der Waals surface area contributed by atoms with Gasteiger partial charge in [0.15, 0.2) is 0 Å². The lowest BCUT2D eigenvalue weighted by Crippen LogP contribution is -2.38. The molecule has 0 radical (unpaired) electrons. The van der Waals surface area contributed by atoms with E-state index in [1.165, 1.54) is 24.3 Å². The van der Waals surface area contributed by atoms with Crippen LogP contribution in [0.1, 0.15) is 50.4 Å². The van der Waals surface area contributed by atoms with Gasteiger partial charge in [0.2, 0.25) is 0 Å². The number of esters is 1. The Labute approximate surface area is 125 Å². The zero-order valence-corrected chi connectivity index (χ0v) is 12.9. The maximum atomic E-state index is 12.1. The first kappa shape index (κ1) is 17.5. The number of carbonyl (C=O) groups is 1. The number of phenolic OH excluding ortho intramolecular Hbond substituents is 1. The molecule has 0 aliphatic heterocycles. The van der Waals surface area contributed by atoms with Crippen LogP contribution in [0.3, 0.4) is 0 Å². The van der Waals surface area contributed by atoms with E-state index in [-0.39, 0.29) is 5.75 Å². The van der Waals surface area contributed by atoms with Crippen molar-refractivity contribution in [3.8, 4) is 5.75 Å². The Morgan fingerprint density at radius 2 is 1.81 bits per heavy atom. The van der Waals surface area contributed by atoms with Crippen molar-refractivity contribution in [1.29, 1.82) is 0 Å². The van der Waals surface area contributed by atoms with Crippen LogP contribution in [0.25, 0.3) is 0 Å². The second kappa shape index (κ2) is 8.64. The van der Waals surface area contributed by atoms with Crippen LogP contribution in [0.2, 0.25) is 0 Å². The highest BCUT2D eigenvalue weighted by molar-refractivity contribution is 5.89. The fourth-order valence-electron chi connectivity index (χ4n) is 1.80. The van der Waals surface area contributed by atoms with Gasteiger partial charge in [-0.05, 0) is 37.6 Å². The van der Waals surface area contributed by atoms with Crippen LogP contribution >= 0.6 is 0 Å². The van der Waals surface area contributed by atoms with E-state index in [1.807, 2.05) is 6.92 Å². The van der Waals surface area contributed by atoms with E-state index in [0.29, 0.717) is 18.8 Å². The molecule has 0 aliphatic rings. The van der Waals surface area contributed by atoms with E-state index < -0.39 is 11.9 Å². The van der Waals surface area contributed by atoms with Gasteiger partial charge in [0.1, 0.15) is 5.75 Å². The van der Waals surface area contributed by atoms with Crippen LogP contribution in [0.15, 0.2) is 24.3 Å². The molecular weight excluding hydrogens is 272 g/mol. The van der Waals surface area contributed by atoms with Crippen molar-refractivity contribution < 1.29 is 24.1 Å². The van der Waals surface area contributed by atoms with E-state index in [4.69, 9.17) is 14.2 Å². The number of ether oxygens (including phenoxy) is 3. The van der Waals surface area contributed by atoms with Crippen molar-refractivity contribution in [3.05, 3.63) is 29.8 Å². The average molecular weight is 296 g/mol. The van der Waals surface area contributed by atoms with Gasteiger partial charge in [0, 0.05) is 6.92 Å². The number of aromatic hydroxyl groups is 1. The molecular formula is C16H24O5. The van der Waals surface area contributed by atoms with Gasteiger partial charge in [-0.1, -0.05) is 19.8 Å². The Morgan fingerprint density at radius 1 is 1.14 bits per heavy atom. The molecule has 0 bridgehead atoms. The van der Waals surface area contributed by atoms with Gasteiger partial charge >= 0.3 is 11.9 Å². The molecule has 1 aromatic rings. The molecule has 0 aliphatic carbocycles. The van der Waals surface area contributed by atoms with Gasteiger partial charge in [0.25, 0.3) is 0 Å². The normalized spacial score (nSPS) is 13.7. The maximum absolute atomic E-state index is 12.1. The number of carbonyl (C=O) groups excluding carboxylic acids is 1. The minimum atomic E-state index is -1.39. The van der Waals surface area contributed by atoms with E-state index in [9.17, 15) is 9.90 Å². The zero-order chi connectivity index (χ0) is 15.7. The third-order valence-electron chi connectivity index (χ3n) is 2.90. The van der Waals surface area contributed by atoms with Crippen LogP contribution in [-0.4, -0.2) is 30.3 Å². The summed E-state index contributed by atoms with van der Waals surface area (Å²) in [6, 6.07) is 5.83. The molecule has 0 saturated heterocycles. The van der Waals surface area contributed by atoms with Gasteiger partial charge in [-0.15, -0.1) is 0 Å². The molecule has 118 valence electrons. The van der Waals surface area contributed by atoms with E-state index >= 15 is 0 Å². The Hall–Kier alpha value is -1.59. The lowest BCUT2D eigenvalue weighted by atomic mass is 10.2. The number of hydrogen-bond donors (Lipinski definition) is 1. The molecule has 1 rings (SSSR count). The summed E-state index contributed by atoms with van der Waals surface area (Å²) in [6.45, 7) is 6.33. The quantitative estimate of drug-likeness (QED) is 0.429. The molecule has 1 N–H and O–H groups in total. The molecule has 0 spiro atoms. The fraction of sp³-hybridized carbons (Fsp3) is 0.562. The first-order valence-corrected chi connectivity index (χ1v) is 7.31. The van der Waals surface area contributed by atoms with Crippen molar-refractivity contribution >= 4 is 5.97 Å². The topological polar surface area (TPSA) is 65.0 Å². The Balaban J connectivity index is 2.63. The summed E-state index contributed by atoms with van der Waals surface area (Å²) in [5.74, 6) is -1.85. The molecule has 0 saturated carbocycles. The molecule has 0 fully saturated rings. The van der Waals surface area contributed by atoms with Crippen LogP contribution in [0.5, 0.6) is 5.75 Å². The molecule has 0 amide bonds.